The van der Waals surface area contributed by atoms with Crippen LogP contribution in [0.3, 0.4) is 0 Å². The van der Waals surface area contributed by atoms with Crippen LogP contribution in [0.5, 0.6) is 0 Å². The molecule has 7 heteroatoms. The summed E-state index contributed by atoms with van der Waals surface area (Å²) >= 11 is 0. The lowest BCUT2D eigenvalue weighted by atomic mass is 10.0. The van der Waals surface area contributed by atoms with Gasteiger partial charge in [-0.05, 0) is 31.5 Å². The predicted octanol–water partition coefficient (Wildman–Crippen LogP) is 0.523. The first kappa shape index (κ1) is 13.8. The Labute approximate surface area is 119 Å². The summed E-state index contributed by atoms with van der Waals surface area (Å²) in [5.74, 6) is 0.0820. The molecular weight excluding hydrogens is 276 g/mol. The van der Waals surface area contributed by atoms with E-state index in [1.165, 1.54) is 25.1 Å². The minimum Gasteiger partial charge on any atom is -0.383 e. The Morgan fingerprint density at radius 1 is 1.25 bits per heavy atom. The molecule has 1 aromatic rings. The zero-order chi connectivity index (χ0) is 14.2. The molecule has 1 aromatic heterocycles. The van der Waals surface area contributed by atoms with Crippen molar-refractivity contribution in [3.05, 3.63) is 18.3 Å². The maximum atomic E-state index is 12.7. The van der Waals surface area contributed by atoms with E-state index in [2.05, 4.69) is 9.88 Å². The normalized spacial score (nSPS) is 25.3. The maximum Gasteiger partial charge on any atom is 0.246 e. The van der Waals surface area contributed by atoms with Gasteiger partial charge < -0.3 is 5.73 Å². The number of anilines is 1. The minimum atomic E-state index is -3.52. The van der Waals surface area contributed by atoms with Crippen LogP contribution in [0, 0.1) is 0 Å². The Morgan fingerprint density at radius 2 is 2.10 bits per heavy atom. The average Bonchev–Trinajstić information content (AvgIpc) is 2.47. The number of nitrogens with two attached hydrogens (primary N) is 1. The first-order valence-corrected chi connectivity index (χ1v) is 8.48. The second kappa shape index (κ2) is 5.31. The van der Waals surface area contributed by atoms with Gasteiger partial charge in [-0.1, -0.05) is 6.42 Å². The molecule has 2 fully saturated rings. The lowest BCUT2D eigenvalue weighted by Gasteiger charge is -2.43. The first-order valence-electron chi connectivity index (χ1n) is 7.04. The largest absolute Gasteiger partial charge is 0.383 e. The highest BCUT2D eigenvalue weighted by atomic mass is 32.2. The second-order valence-corrected chi connectivity index (χ2v) is 7.34. The molecular formula is C13H20N4O2S. The standard InChI is InChI=1S/C13H20N4O2S/c14-13-12(5-3-6-15-13)20(18,19)17-9-8-16-7-2-1-4-11(16)10-17/h3,5-6,11H,1-2,4,7-10H2,(H2,14,15). The van der Waals surface area contributed by atoms with Crippen LogP contribution in [0.1, 0.15) is 19.3 Å². The van der Waals surface area contributed by atoms with Crippen LogP contribution in [0.25, 0.3) is 0 Å². The van der Waals surface area contributed by atoms with Crippen molar-refractivity contribution in [1.82, 2.24) is 14.2 Å². The molecule has 2 saturated heterocycles. The van der Waals surface area contributed by atoms with Crippen LogP contribution in [0.4, 0.5) is 5.82 Å². The monoisotopic (exact) mass is 296 g/mol. The van der Waals surface area contributed by atoms with Gasteiger partial charge in [-0.25, -0.2) is 13.4 Å². The molecule has 0 amide bonds. The Hall–Kier alpha value is -1.18. The second-order valence-electron chi connectivity index (χ2n) is 5.44. The zero-order valence-corrected chi connectivity index (χ0v) is 12.2. The van der Waals surface area contributed by atoms with Crippen LogP contribution in [0.2, 0.25) is 0 Å². The molecule has 2 aliphatic rings. The molecule has 0 saturated carbocycles. The number of fused-ring (bicyclic) bond motifs is 1. The third-order valence-electron chi connectivity index (χ3n) is 4.22. The topological polar surface area (TPSA) is 79.5 Å². The van der Waals surface area contributed by atoms with Crippen molar-refractivity contribution in [2.24, 2.45) is 0 Å². The van der Waals surface area contributed by atoms with E-state index < -0.39 is 10.0 Å². The van der Waals surface area contributed by atoms with E-state index in [0.29, 0.717) is 19.1 Å². The van der Waals surface area contributed by atoms with Crippen LogP contribution < -0.4 is 5.73 Å². The number of rotatable bonds is 2. The molecule has 1 atom stereocenters. The molecule has 1 unspecified atom stereocenters. The summed E-state index contributed by atoms with van der Waals surface area (Å²) in [5.41, 5.74) is 5.72. The molecule has 0 radical (unpaired) electrons. The molecule has 0 bridgehead atoms. The highest BCUT2D eigenvalue weighted by molar-refractivity contribution is 7.89. The lowest BCUT2D eigenvalue weighted by molar-refractivity contribution is 0.0852. The third kappa shape index (κ3) is 2.41. The van der Waals surface area contributed by atoms with Gasteiger partial charge in [-0.3, -0.25) is 4.90 Å². The van der Waals surface area contributed by atoms with Gasteiger partial charge in [0, 0.05) is 31.9 Å². The van der Waals surface area contributed by atoms with Crippen molar-refractivity contribution in [3.8, 4) is 0 Å². The van der Waals surface area contributed by atoms with Crippen LogP contribution in [-0.4, -0.2) is 54.8 Å². The number of aromatic nitrogens is 1. The molecule has 6 nitrogen and oxygen atoms in total. The highest BCUT2D eigenvalue weighted by Gasteiger charge is 2.35. The number of nitrogen functional groups attached to an aromatic ring is 1. The molecule has 20 heavy (non-hydrogen) atoms. The number of sulfonamides is 1. The van der Waals surface area contributed by atoms with Crippen molar-refractivity contribution in [3.63, 3.8) is 0 Å². The SMILES string of the molecule is Nc1ncccc1S(=O)(=O)N1CCN2CCCCC2C1. The Kier molecular flexibility index (Phi) is 3.66. The fourth-order valence-electron chi connectivity index (χ4n) is 3.11. The molecule has 0 spiro atoms. The summed E-state index contributed by atoms with van der Waals surface area (Å²) in [6.45, 7) is 3.00. The Morgan fingerprint density at radius 3 is 2.90 bits per heavy atom. The number of hydrogen-bond donors (Lipinski definition) is 1. The van der Waals surface area contributed by atoms with Gasteiger partial charge in [0.15, 0.2) is 0 Å². The van der Waals surface area contributed by atoms with Gasteiger partial charge in [0.25, 0.3) is 0 Å². The van der Waals surface area contributed by atoms with E-state index in [9.17, 15) is 8.42 Å². The smallest absolute Gasteiger partial charge is 0.246 e. The van der Waals surface area contributed by atoms with E-state index in [0.717, 1.165) is 19.5 Å². The third-order valence-corrected chi connectivity index (χ3v) is 6.13. The summed E-state index contributed by atoms with van der Waals surface area (Å²) < 4.78 is 26.9. The van der Waals surface area contributed by atoms with Crippen molar-refractivity contribution in [1.29, 1.82) is 0 Å². The number of piperazine rings is 1. The van der Waals surface area contributed by atoms with E-state index in [1.54, 1.807) is 10.4 Å². The predicted molar refractivity (Wildman–Crippen MR) is 76.6 cm³/mol. The molecule has 3 rings (SSSR count). The summed E-state index contributed by atoms with van der Waals surface area (Å²) in [5, 5.41) is 0. The number of hydrogen-bond acceptors (Lipinski definition) is 5. The quantitative estimate of drug-likeness (QED) is 0.861. The molecule has 2 N–H and O–H groups in total. The molecule has 110 valence electrons. The number of pyridine rings is 1. The number of piperidine rings is 1. The molecule has 2 aliphatic heterocycles. The molecule has 0 aliphatic carbocycles. The first-order chi connectivity index (χ1) is 9.59. The summed E-state index contributed by atoms with van der Waals surface area (Å²) in [6.07, 6.45) is 4.99. The van der Waals surface area contributed by atoms with Gasteiger partial charge in [-0.15, -0.1) is 0 Å². The van der Waals surface area contributed by atoms with Crippen LogP contribution in [0.15, 0.2) is 23.2 Å². The van der Waals surface area contributed by atoms with Gasteiger partial charge in [0.2, 0.25) is 10.0 Å². The highest BCUT2D eigenvalue weighted by Crippen LogP contribution is 2.26. The molecule has 3 heterocycles. The lowest BCUT2D eigenvalue weighted by Crippen LogP contribution is -2.56. The average molecular weight is 296 g/mol. The Balaban J connectivity index is 1.84. The van der Waals surface area contributed by atoms with Gasteiger partial charge in [0.1, 0.15) is 10.7 Å². The van der Waals surface area contributed by atoms with E-state index in [-0.39, 0.29) is 10.7 Å². The van der Waals surface area contributed by atoms with Crippen molar-refractivity contribution >= 4 is 15.8 Å². The zero-order valence-electron chi connectivity index (χ0n) is 11.4. The summed E-state index contributed by atoms with van der Waals surface area (Å²) in [7, 11) is -3.52. The van der Waals surface area contributed by atoms with Gasteiger partial charge >= 0.3 is 0 Å². The molecule has 0 aromatic carbocycles. The van der Waals surface area contributed by atoms with Crippen LogP contribution in [-0.2, 0) is 10.0 Å². The van der Waals surface area contributed by atoms with Crippen molar-refractivity contribution < 1.29 is 8.42 Å². The summed E-state index contributed by atoms with van der Waals surface area (Å²) in [6, 6.07) is 3.50. The van der Waals surface area contributed by atoms with Crippen molar-refractivity contribution in [2.45, 2.75) is 30.2 Å². The van der Waals surface area contributed by atoms with E-state index >= 15 is 0 Å². The fourth-order valence-corrected chi connectivity index (χ4v) is 4.64. The van der Waals surface area contributed by atoms with Gasteiger partial charge in [0.05, 0.1) is 0 Å². The van der Waals surface area contributed by atoms with E-state index in [4.69, 9.17) is 5.73 Å². The van der Waals surface area contributed by atoms with Gasteiger partial charge in [-0.2, -0.15) is 4.31 Å². The van der Waals surface area contributed by atoms with Crippen LogP contribution >= 0.6 is 0 Å². The van der Waals surface area contributed by atoms with E-state index in [1.807, 2.05) is 0 Å². The maximum absolute atomic E-state index is 12.7. The van der Waals surface area contributed by atoms with Crippen molar-refractivity contribution in [2.75, 3.05) is 31.9 Å². The summed E-state index contributed by atoms with van der Waals surface area (Å²) in [4.78, 5) is 6.42. The fraction of sp³-hybridized carbons (Fsp3) is 0.615. The minimum absolute atomic E-state index is 0.0820. The Bertz CT molecular complexity index is 590. The number of nitrogens with zero attached hydrogens (tertiary/aromatic N) is 3.